The third kappa shape index (κ3) is 3.73. The molecule has 0 amide bonds. The number of aliphatic hydroxyl groups is 1. The van der Waals surface area contributed by atoms with Crippen molar-refractivity contribution in [3.05, 3.63) is 42.5 Å². The maximum absolute atomic E-state index is 9.33. The van der Waals surface area contributed by atoms with Gasteiger partial charge < -0.3 is 15.6 Å². The number of aliphatic hydroxyl groups excluding tert-OH is 1. The summed E-state index contributed by atoms with van der Waals surface area (Å²) in [5, 5.41) is 9.33. The lowest BCUT2D eigenvalue weighted by atomic mass is 10.1. The zero-order chi connectivity index (χ0) is 11.1. The lowest BCUT2D eigenvalue weighted by Gasteiger charge is -2.12. The second-order valence-electron chi connectivity index (χ2n) is 3.35. The van der Waals surface area contributed by atoms with Crippen LogP contribution in [-0.4, -0.2) is 24.4 Å². The maximum atomic E-state index is 9.33. The predicted molar refractivity (Wildman–Crippen MR) is 59.6 cm³/mol. The third-order valence-corrected chi connectivity index (χ3v) is 2.10. The fourth-order valence-electron chi connectivity index (χ4n) is 1.24. The summed E-state index contributed by atoms with van der Waals surface area (Å²) in [6, 6.07) is 7.77. The molecule has 0 saturated heterocycles. The highest BCUT2D eigenvalue weighted by atomic mass is 16.5. The van der Waals surface area contributed by atoms with Crippen LogP contribution in [0.2, 0.25) is 0 Å². The van der Waals surface area contributed by atoms with E-state index in [1.807, 2.05) is 30.3 Å². The van der Waals surface area contributed by atoms with Crippen LogP contribution in [0, 0.1) is 0 Å². The molecule has 0 radical (unpaired) electrons. The summed E-state index contributed by atoms with van der Waals surface area (Å²) in [5.74, 6) is 0.810. The summed E-state index contributed by atoms with van der Waals surface area (Å²) in [6.45, 7) is 4.44. The zero-order valence-electron chi connectivity index (χ0n) is 8.86. The van der Waals surface area contributed by atoms with Gasteiger partial charge in [0.2, 0.25) is 0 Å². The van der Waals surface area contributed by atoms with Gasteiger partial charge in [0.1, 0.15) is 25.0 Å². The van der Waals surface area contributed by atoms with Crippen molar-refractivity contribution >= 4 is 0 Å². The first-order valence-electron chi connectivity index (χ1n) is 5.06. The lowest BCUT2D eigenvalue weighted by Crippen LogP contribution is -2.56. The van der Waals surface area contributed by atoms with Crippen LogP contribution in [0.1, 0.15) is 5.56 Å². The van der Waals surface area contributed by atoms with Gasteiger partial charge in [-0.05, 0) is 18.1 Å². The molecule has 0 unspecified atom stereocenters. The van der Waals surface area contributed by atoms with Gasteiger partial charge >= 0.3 is 0 Å². The van der Waals surface area contributed by atoms with Crippen LogP contribution in [0.4, 0.5) is 0 Å². The van der Waals surface area contributed by atoms with Crippen molar-refractivity contribution in [2.24, 2.45) is 0 Å². The first-order chi connectivity index (χ1) is 7.27. The Bertz CT molecular complexity index is 312. The van der Waals surface area contributed by atoms with Crippen LogP contribution in [-0.2, 0) is 6.42 Å². The van der Waals surface area contributed by atoms with Gasteiger partial charge in [-0.1, -0.05) is 24.3 Å². The number of para-hydroxylation sites is 1. The first kappa shape index (κ1) is 11.8. The highest BCUT2D eigenvalue weighted by molar-refractivity contribution is 5.34. The molecule has 1 aromatic carbocycles. The Hall–Kier alpha value is -1.32. The second-order valence-corrected chi connectivity index (χ2v) is 3.35. The molecule has 0 bridgehead atoms. The van der Waals surface area contributed by atoms with E-state index in [-0.39, 0.29) is 6.61 Å². The molecule has 1 aromatic rings. The van der Waals surface area contributed by atoms with Crippen molar-refractivity contribution in [2.75, 3.05) is 13.2 Å². The van der Waals surface area contributed by atoms with E-state index in [2.05, 4.69) is 12.3 Å². The Morgan fingerprint density at radius 2 is 2.20 bits per heavy atom. The molecule has 82 valence electrons. The fourth-order valence-corrected chi connectivity index (χ4v) is 1.24. The number of hydrogen-bond acceptors (Lipinski definition) is 2. The number of quaternary nitrogens is 1. The number of rotatable bonds is 6. The maximum Gasteiger partial charge on any atom is 0.136 e. The molecule has 0 aliphatic rings. The van der Waals surface area contributed by atoms with Crippen molar-refractivity contribution in [3.8, 4) is 5.75 Å². The van der Waals surface area contributed by atoms with E-state index in [4.69, 9.17) is 4.74 Å². The quantitative estimate of drug-likeness (QED) is 0.665. The third-order valence-electron chi connectivity index (χ3n) is 2.10. The minimum absolute atomic E-state index is 0.289. The fraction of sp³-hybridized carbons (Fsp3) is 0.333. The van der Waals surface area contributed by atoms with E-state index in [0.29, 0.717) is 6.54 Å². The molecule has 0 aliphatic heterocycles. The van der Waals surface area contributed by atoms with Gasteiger partial charge in [0, 0.05) is 0 Å². The summed E-state index contributed by atoms with van der Waals surface area (Å²) in [6.07, 6.45) is 2.11. The smallest absolute Gasteiger partial charge is 0.136 e. The topological polar surface area (TPSA) is 57.1 Å². The molecular weight excluding hydrogens is 190 g/mol. The molecular formula is C12H18NO2+. The van der Waals surface area contributed by atoms with Crippen molar-refractivity contribution in [1.82, 2.24) is 0 Å². The van der Waals surface area contributed by atoms with Crippen molar-refractivity contribution in [3.63, 3.8) is 0 Å². The van der Waals surface area contributed by atoms with E-state index < -0.39 is 6.10 Å². The largest absolute Gasteiger partial charge is 0.490 e. The predicted octanol–water partition coefficient (Wildman–Crippen LogP) is 0.397. The van der Waals surface area contributed by atoms with Crippen LogP contribution >= 0.6 is 0 Å². The minimum atomic E-state index is -0.498. The molecule has 0 aromatic heterocycles. The number of benzene rings is 1. The average molecular weight is 208 g/mol. The normalized spacial score (nSPS) is 12.1. The van der Waals surface area contributed by atoms with Crippen LogP contribution in [0.15, 0.2) is 36.9 Å². The molecule has 0 spiro atoms. The van der Waals surface area contributed by atoms with Gasteiger partial charge in [0.15, 0.2) is 0 Å². The Morgan fingerprint density at radius 3 is 2.87 bits per heavy atom. The number of ether oxygens (including phenoxy) is 1. The number of allylic oxidation sites excluding steroid dienone is 1. The van der Waals surface area contributed by atoms with Crippen LogP contribution < -0.4 is 10.5 Å². The minimum Gasteiger partial charge on any atom is -0.490 e. The molecule has 4 N–H and O–H groups in total. The summed E-state index contributed by atoms with van der Waals surface area (Å²) in [7, 11) is 0. The molecule has 0 saturated carbocycles. The standard InChI is InChI=1S/C12H17NO2/c1-2-5-10-6-3-4-7-12(10)15-9-11(14)8-13/h2-4,6-7,11,14H,1,5,8-9,13H2/p+1/t11-/m1/s1. The van der Waals surface area contributed by atoms with E-state index >= 15 is 0 Å². The Balaban J connectivity index is 2.62. The summed E-state index contributed by atoms with van der Waals surface area (Å²) >= 11 is 0. The molecule has 0 aliphatic carbocycles. The zero-order valence-corrected chi connectivity index (χ0v) is 8.86. The van der Waals surface area contributed by atoms with Gasteiger partial charge in [0.05, 0.1) is 0 Å². The monoisotopic (exact) mass is 208 g/mol. The van der Waals surface area contributed by atoms with Gasteiger partial charge in [0.25, 0.3) is 0 Å². The Labute approximate surface area is 90.2 Å². The van der Waals surface area contributed by atoms with Crippen molar-refractivity contribution < 1.29 is 15.6 Å². The molecule has 0 heterocycles. The van der Waals surface area contributed by atoms with Crippen LogP contribution in [0.5, 0.6) is 5.75 Å². The Kier molecular flexibility index (Phi) is 4.87. The van der Waals surface area contributed by atoms with Crippen molar-refractivity contribution in [1.29, 1.82) is 0 Å². The summed E-state index contributed by atoms with van der Waals surface area (Å²) in [4.78, 5) is 0. The number of hydrogen-bond donors (Lipinski definition) is 2. The highest BCUT2D eigenvalue weighted by Crippen LogP contribution is 2.18. The summed E-state index contributed by atoms with van der Waals surface area (Å²) < 4.78 is 5.50. The molecule has 15 heavy (non-hydrogen) atoms. The highest BCUT2D eigenvalue weighted by Gasteiger charge is 2.06. The van der Waals surface area contributed by atoms with E-state index in [0.717, 1.165) is 17.7 Å². The summed E-state index contributed by atoms with van der Waals surface area (Å²) in [5.41, 5.74) is 4.70. The van der Waals surface area contributed by atoms with Gasteiger partial charge in [-0.15, -0.1) is 6.58 Å². The van der Waals surface area contributed by atoms with Crippen molar-refractivity contribution in [2.45, 2.75) is 12.5 Å². The van der Waals surface area contributed by atoms with Gasteiger partial charge in [-0.3, -0.25) is 0 Å². The SMILES string of the molecule is C=CCc1ccccc1OC[C@H](O)C[NH3+]. The average Bonchev–Trinajstić information content (AvgIpc) is 2.28. The van der Waals surface area contributed by atoms with Crippen LogP contribution in [0.3, 0.4) is 0 Å². The molecule has 3 heteroatoms. The molecule has 1 rings (SSSR count). The lowest BCUT2D eigenvalue weighted by molar-refractivity contribution is -0.384. The van der Waals surface area contributed by atoms with Gasteiger partial charge in [-0.2, -0.15) is 0 Å². The molecule has 0 fully saturated rings. The second kappa shape index (κ2) is 6.22. The van der Waals surface area contributed by atoms with E-state index in [1.54, 1.807) is 0 Å². The van der Waals surface area contributed by atoms with E-state index in [1.165, 1.54) is 0 Å². The molecule has 1 atom stereocenters. The molecule has 3 nitrogen and oxygen atoms in total. The Morgan fingerprint density at radius 1 is 1.47 bits per heavy atom. The van der Waals surface area contributed by atoms with Gasteiger partial charge in [-0.25, -0.2) is 0 Å². The van der Waals surface area contributed by atoms with E-state index in [9.17, 15) is 5.11 Å². The first-order valence-corrected chi connectivity index (χ1v) is 5.06. The van der Waals surface area contributed by atoms with Crippen LogP contribution in [0.25, 0.3) is 0 Å².